The summed E-state index contributed by atoms with van der Waals surface area (Å²) in [5.74, 6) is 0.225. The number of carbonyl (C=O) groups is 2. The Kier molecular flexibility index (Phi) is 4.61. The molecule has 1 aromatic carbocycles. The van der Waals surface area contributed by atoms with E-state index >= 15 is 0 Å². The number of fused-ring (bicyclic) bond motifs is 1. The first-order chi connectivity index (χ1) is 10.6. The van der Waals surface area contributed by atoms with Crippen molar-refractivity contribution in [2.75, 3.05) is 11.9 Å². The Morgan fingerprint density at radius 1 is 1.50 bits per heavy atom. The summed E-state index contributed by atoms with van der Waals surface area (Å²) in [5, 5.41) is 5.91. The van der Waals surface area contributed by atoms with E-state index in [2.05, 4.69) is 10.6 Å². The third-order valence-electron chi connectivity index (χ3n) is 3.92. The zero-order valence-electron chi connectivity index (χ0n) is 12.0. The van der Waals surface area contributed by atoms with Gasteiger partial charge in [0.15, 0.2) is 0 Å². The number of thioether (sulfide) groups is 1. The highest BCUT2D eigenvalue weighted by Gasteiger charge is 2.33. The number of anilines is 1. The lowest BCUT2D eigenvalue weighted by molar-refractivity contribution is -0.124. The molecule has 7 heteroatoms. The molecule has 1 fully saturated rings. The van der Waals surface area contributed by atoms with Crippen LogP contribution in [0.15, 0.2) is 23.1 Å². The molecule has 2 unspecified atom stereocenters. The van der Waals surface area contributed by atoms with Crippen molar-refractivity contribution in [1.82, 2.24) is 5.32 Å². The number of carbonyl (C=O) groups excluding carboxylic acids is 2. The van der Waals surface area contributed by atoms with E-state index in [1.807, 2.05) is 6.07 Å². The molecule has 1 aromatic rings. The van der Waals surface area contributed by atoms with Gasteiger partial charge in [0.2, 0.25) is 11.8 Å². The Labute approximate surface area is 138 Å². The summed E-state index contributed by atoms with van der Waals surface area (Å²) >= 11 is 7.32. The maximum absolute atomic E-state index is 12.1. The van der Waals surface area contributed by atoms with Gasteiger partial charge in [-0.05, 0) is 37.0 Å². The number of halogens is 1. The zero-order chi connectivity index (χ0) is 15.7. The standard InChI is InChI=1S/C15H18ClN3O2S/c16-9-3-4-12-10(5-9)19-15(21)13(22-12)6-14(20)18-11(7-17)8-1-2-8/h3-5,8,11,13H,1-2,6-7,17H2,(H,18,20)(H,19,21). The van der Waals surface area contributed by atoms with E-state index in [1.165, 1.54) is 11.8 Å². The molecule has 1 saturated carbocycles. The molecule has 2 aliphatic rings. The monoisotopic (exact) mass is 339 g/mol. The topological polar surface area (TPSA) is 84.2 Å². The van der Waals surface area contributed by atoms with Crippen molar-refractivity contribution in [2.24, 2.45) is 11.7 Å². The minimum atomic E-state index is -0.425. The fourth-order valence-electron chi connectivity index (χ4n) is 2.56. The summed E-state index contributed by atoms with van der Waals surface area (Å²) < 4.78 is 0. The molecular formula is C15H18ClN3O2S. The highest BCUT2D eigenvalue weighted by molar-refractivity contribution is 8.01. The van der Waals surface area contributed by atoms with Crippen molar-refractivity contribution >= 4 is 40.9 Å². The van der Waals surface area contributed by atoms with Gasteiger partial charge >= 0.3 is 0 Å². The first kappa shape index (κ1) is 15.6. The first-order valence-electron chi connectivity index (χ1n) is 7.33. The lowest BCUT2D eigenvalue weighted by atomic mass is 10.1. The molecular weight excluding hydrogens is 322 g/mol. The molecule has 0 aromatic heterocycles. The van der Waals surface area contributed by atoms with Crippen LogP contribution in [0.2, 0.25) is 5.02 Å². The molecule has 5 nitrogen and oxygen atoms in total. The fourth-order valence-corrected chi connectivity index (χ4v) is 3.82. The first-order valence-corrected chi connectivity index (χ1v) is 8.59. The fraction of sp³-hybridized carbons (Fsp3) is 0.467. The van der Waals surface area contributed by atoms with E-state index in [9.17, 15) is 9.59 Å². The van der Waals surface area contributed by atoms with Gasteiger partial charge in [-0.15, -0.1) is 11.8 Å². The highest BCUT2D eigenvalue weighted by Crippen LogP contribution is 2.38. The molecule has 22 heavy (non-hydrogen) atoms. The quantitative estimate of drug-likeness (QED) is 0.766. The van der Waals surface area contributed by atoms with E-state index in [1.54, 1.807) is 12.1 Å². The molecule has 0 radical (unpaired) electrons. The summed E-state index contributed by atoms with van der Waals surface area (Å²) in [7, 11) is 0. The van der Waals surface area contributed by atoms with E-state index in [-0.39, 0.29) is 24.3 Å². The van der Waals surface area contributed by atoms with Gasteiger partial charge in [-0.2, -0.15) is 0 Å². The summed E-state index contributed by atoms with van der Waals surface area (Å²) in [4.78, 5) is 25.2. The van der Waals surface area contributed by atoms with Crippen LogP contribution in [0.5, 0.6) is 0 Å². The van der Waals surface area contributed by atoms with Gasteiger partial charge in [0.25, 0.3) is 0 Å². The van der Waals surface area contributed by atoms with Crippen LogP contribution in [0.3, 0.4) is 0 Å². The second-order valence-electron chi connectivity index (χ2n) is 5.69. The zero-order valence-corrected chi connectivity index (χ0v) is 13.5. The van der Waals surface area contributed by atoms with Crippen LogP contribution in [0.4, 0.5) is 5.69 Å². The molecule has 4 N–H and O–H groups in total. The Balaban J connectivity index is 1.61. The summed E-state index contributed by atoms with van der Waals surface area (Å²) in [5.41, 5.74) is 6.39. The van der Waals surface area contributed by atoms with Crippen molar-refractivity contribution in [3.63, 3.8) is 0 Å². The Hall–Kier alpha value is -1.24. The predicted octanol–water partition coefficient (Wildman–Crippen LogP) is 2.00. The predicted molar refractivity (Wildman–Crippen MR) is 88.1 cm³/mol. The smallest absolute Gasteiger partial charge is 0.238 e. The molecule has 0 saturated heterocycles. The summed E-state index contributed by atoms with van der Waals surface area (Å²) in [6.45, 7) is 0.446. The Morgan fingerprint density at radius 2 is 2.27 bits per heavy atom. The molecule has 0 bridgehead atoms. The van der Waals surface area contributed by atoms with Gasteiger partial charge in [-0.25, -0.2) is 0 Å². The summed E-state index contributed by atoms with van der Waals surface area (Å²) in [6.07, 6.45) is 2.39. The highest BCUT2D eigenvalue weighted by atomic mass is 35.5. The van der Waals surface area contributed by atoms with Crippen molar-refractivity contribution < 1.29 is 9.59 Å². The number of benzene rings is 1. The number of nitrogens with one attached hydrogen (secondary N) is 2. The van der Waals surface area contributed by atoms with Crippen LogP contribution in [0.25, 0.3) is 0 Å². The molecule has 0 spiro atoms. The number of amides is 2. The molecule has 1 aliphatic carbocycles. The average Bonchev–Trinajstić information content (AvgIpc) is 3.30. The molecule has 2 atom stereocenters. The van der Waals surface area contributed by atoms with Crippen molar-refractivity contribution in [2.45, 2.75) is 35.4 Å². The van der Waals surface area contributed by atoms with Gasteiger partial charge in [0.1, 0.15) is 0 Å². The van der Waals surface area contributed by atoms with Crippen LogP contribution in [0, 0.1) is 5.92 Å². The average molecular weight is 340 g/mol. The van der Waals surface area contributed by atoms with Crippen molar-refractivity contribution in [3.05, 3.63) is 23.2 Å². The molecule has 2 amide bonds. The van der Waals surface area contributed by atoms with Crippen LogP contribution in [-0.4, -0.2) is 29.7 Å². The second-order valence-corrected chi connectivity index (χ2v) is 7.37. The lowest BCUT2D eigenvalue weighted by Crippen LogP contribution is -2.44. The van der Waals surface area contributed by atoms with E-state index in [4.69, 9.17) is 17.3 Å². The van der Waals surface area contributed by atoms with Gasteiger partial charge < -0.3 is 16.4 Å². The van der Waals surface area contributed by atoms with Crippen LogP contribution < -0.4 is 16.4 Å². The lowest BCUT2D eigenvalue weighted by Gasteiger charge is -2.24. The van der Waals surface area contributed by atoms with Gasteiger partial charge in [-0.1, -0.05) is 11.6 Å². The van der Waals surface area contributed by atoms with E-state index < -0.39 is 5.25 Å². The number of hydrogen-bond donors (Lipinski definition) is 3. The van der Waals surface area contributed by atoms with Crippen molar-refractivity contribution in [1.29, 1.82) is 0 Å². The minimum Gasteiger partial charge on any atom is -0.352 e. The molecule has 1 heterocycles. The largest absolute Gasteiger partial charge is 0.352 e. The third-order valence-corrected chi connectivity index (χ3v) is 5.43. The normalized spacial score (nSPS) is 21.7. The van der Waals surface area contributed by atoms with Crippen LogP contribution in [-0.2, 0) is 9.59 Å². The third kappa shape index (κ3) is 3.56. The van der Waals surface area contributed by atoms with Crippen molar-refractivity contribution in [3.8, 4) is 0 Å². The van der Waals surface area contributed by atoms with Crippen LogP contribution in [0.1, 0.15) is 19.3 Å². The maximum Gasteiger partial charge on any atom is 0.238 e. The molecule has 1 aliphatic heterocycles. The van der Waals surface area contributed by atoms with E-state index in [0.717, 1.165) is 17.7 Å². The molecule has 3 rings (SSSR count). The summed E-state index contributed by atoms with van der Waals surface area (Å²) in [6, 6.07) is 5.39. The van der Waals surface area contributed by atoms with E-state index in [0.29, 0.717) is 23.2 Å². The minimum absolute atomic E-state index is 0.0373. The SMILES string of the molecule is NCC(NC(=O)CC1Sc2ccc(Cl)cc2NC1=O)C1CC1. The second kappa shape index (κ2) is 6.48. The number of rotatable bonds is 5. The Bertz CT molecular complexity index is 606. The maximum atomic E-state index is 12.1. The van der Waals surface area contributed by atoms with Gasteiger partial charge in [0, 0.05) is 28.9 Å². The van der Waals surface area contributed by atoms with Gasteiger partial charge in [-0.3, -0.25) is 9.59 Å². The Morgan fingerprint density at radius 3 is 2.95 bits per heavy atom. The molecule has 118 valence electrons. The number of nitrogens with two attached hydrogens (primary N) is 1. The van der Waals surface area contributed by atoms with Gasteiger partial charge in [0.05, 0.1) is 10.9 Å². The number of hydrogen-bond acceptors (Lipinski definition) is 4. The van der Waals surface area contributed by atoms with Crippen LogP contribution >= 0.6 is 23.4 Å².